The van der Waals surface area contributed by atoms with Gasteiger partial charge in [0.25, 0.3) is 0 Å². The SMILES string of the molecule is CNC(COc1ccccc1-c1ccccc1)C(=O)OC. The number of hydrogen-bond donors (Lipinski definition) is 1. The molecule has 0 fully saturated rings. The van der Waals surface area contributed by atoms with Gasteiger partial charge in [0.15, 0.2) is 0 Å². The molecule has 1 N–H and O–H groups in total. The average Bonchev–Trinajstić information content (AvgIpc) is 2.56. The summed E-state index contributed by atoms with van der Waals surface area (Å²) in [6.45, 7) is 0.215. The third-order valence-corrected chi connectivity index (χ3v) is 3.21. The lowest BCUT2D eigenvalue weighted by atomic mass is 10.1. The highest BCUT2D eigenvalue weighted by Crippen LogP contribution is 2.29. The molecule has 0 heterocycles. The Morgan fingerprint density at radius 1 is 1.10 bits per heavy atom. The Hall–Kier alpha value is -2.33. The number of nitrogens with one attached hydrogen (secondary N) is 1. The van der Waals surface area contributed by atoms with Crippen LogP contribution >= 0.6 is 0 Å². The van der Waals surface area contributed by atoms with Crippen LogP contribution in [0.2, 0.25) is 0 Å². The molecule has 1 atom stereocenters. The number of para-hydroxylation sites is 1. The Kier molecular flexibility index (Phi) is 5.35. The zero-order valence-corrected chi connectivity index (χ0v) is 12.2. The van der Waals surface area contributed by atoms with E-state index in [0.717, 1.165) is 16.9 Å². The molecule has 21 heavy (non-hydrogen) atoms. The maximum Gasteiger partial charge on any atom is 0.326 e. The van der Waals surface area contributed by atoms with Gasteiger partial charge in [-0.15, -0.1) is 0 Å². The van der Waals surface area contributed by atoms with Gasteiger partial charge in [0.05, 0.1) is 7.11 Å². The van der Waals surface area contributed by atoms with E-state index in [2.05, 4.69) is 5.32 Å². The van der Waals surface area contributed by atoms with E-state index in [-0.39, 0.29) is 12.6 Å². The fourth-order valence-electron chi connectivity index (χ4n) is 2.03. The predicted octanol–water partition coefficient (Wildman–Crippen LogP) is 2.49. The molecular weight excluding hydrogens is 266 g/mol. The minimum absolute atomic E-state index is 0.215. The van der Waals surface area contributed by atoms with Gasteiger partial charge in [-0.1, -0.05) is 48.5 Å². The molecule has 4 heteroatoms. The lowest BCUT2D eigenvalue weighted by Crippen LogP contribution is -2.40. The van der Waals surface area contributed by atoms with Crippen LogP contribution in [0, 0.1) is 0 Å². The fourth-order valence-corrected chi connectivity index (χ4v) is 2.03. The second-order valence-electron chi connectivity index (χ2n) is 4.54. The number of rotatable bonds is 6. The number of ether oxygens (including phenoxy) is 2. The molecule has 0 aliphatic rings. The van der Waals surface area contributed by atoms with Crippen molar-refractivity contribution in [3.05, 3.63) is 54.6 Å². The van der Waals surface area contributed by atoms with E-state index in [1.165, 1.54) is 7.11 Å². The first-order valence-corrected chi connectivity index (χ1v) is 6.78. The molecule has 0 aromatic heterocycles. The van der Waals surface area contributed by atoms with Crippen molar-refractivity contribution in [2.24, 2.45) is 0 Å². The number of methoxy groups -OCH3 is 1. The Morgan fingerprint density at radius 3 is 2.43 bits per heavy atom. The lowest BCUT2D eigenvalue weighted by Gasteiger charge is -2.16. The van der Waals surface area contributed by atoms with Crippen molar-refractivity contribution in [1.29, 1.82) is 0 Å². The summed E-state index contributed by atoms with van der Waals surface area (Å²) in [5, 5.41) is 2.88. The van der Waals surface area contributed by atoms with Crippen LogP contribution < -0.4 is 10.1 Å². The minimum Gasteiger partial charge on any atom is -0.491 e. The van der Waals surface area contributed by atoms with Gasteiger partial charge in [-0.25, -0.2) is 0 Å². The summed E-state index contributed by atoms with van der Waals surface area (Å²) in [7, 11) is 3.07. The number of hydrogen-bond acceptors (Lipinski definition) is 4. The topological polar surface area (TPSA) is 47.6 Å². The largest absolute Gasteiger partial charge is 0.491 e. The van der Waals surface area contributed by atoms with Crippen molar-refractivity contribution in [2.75, 3.05) is 20.8 Å². The van der Waals surface area contributed by atoms with Crippen molar-refractivity contribution in [3.63, 3.8) is 0 Å². The highest BCUT2D eigenvalue weighted by atomic mass is 16.5. The van der Waals surface area contributed by atoms with Crippen LogP contribution in [0.25, 0.3) is 11.1 Å². The summed E-state index contributed by atoms with van der Waals surface area (Å²) < 4.78 is 10.5. The molecule has 2 aromatic rings. The highest BCUT2D eigenvalue weighted by Gasteiger charge is 2.18. The molecule has 0 aliphatic carbocycles. The third kappa shape index (κ3) is 3.83. The Labute approximate surface area is 124 Å². The van der Waals surface area contributed by atoms with E-state index in [1.807, 2.05) is 54.6 Å². The minimum atomic E-state index is -0.487. The molecule has 0 amide bonds. The van der Waals surface area contributed by atoms with Crippen LogP contribution in [-0.2, 0) is 9.53 Å². The quantitative estimate of drug-likeness (QED) is 0.828. The van der Waals surface area contributed by atoms with E-state index in [1.54, 1.807) is 7.05 Å². The first-order valence-electron chi connectivity index (χ1n) is 6.78. The average molecular weight is 285 g/mol. The van der Waals surface area contributed by atoms with Crippen molar-refractivity contribution in [1.82, 2.24) is 5.32 Å². The second kappa shape index (κ2) is 7.45. The number of esters is 1. The summed E-state index contributed by atoms with van der Waals surface area (Å²) in [6, 6.07) is 17.3. The summed E-state index contributed by atoms with van der Waals surface area (Å²) in [4.78, 5) is 11.6. The molecule has 2 aromatic carbocycles. The fraction of sp³-hybridized carbons (Fsp3) is 0.235. The van der Waals surface area contributed by atoms with E-state index in [4.69, 9.17) is 9.47 Å². The van der Waals surface area contributed by atoms with Crippen LogP contribution in [0.4, 0.5) is 0 Å². The normalized spacial score (nSPS) is 11.7. The summed E-state index contributed by atoms with van der Waals surface area (Å²) >= 11 is 0. The maximum absolute atomic E-state index is 11.6. The van der Waals surface area contributed by atoms with Crippen LogP contribution in [-0.4, -0.2) is 32.8 Å². The maximum atomic E-state index is 11.6. The highest BCUT2D eigenvalue weighted by molar-refractivity contribution is 5.76. The van der Waals surface area contributed by atoms with Gasteiger partial charge in [-0.3, -0.25) is 4.79 Å². The van der Waals surface area contributed by atoms with E-state index >= 15 is 0 Å². The van der Waals surface area contributed by atoms with Crippen molar-refractivity contribution < 1.29 is 14.3 Å². The Morgan fingerprint density at radius 2 is 1.76 bits per heavy atom. The van der Waals surface area contributed by atoms with Crippen molar-refractivity contribution in [2.45, 2.75) is 6.04 Å². The van der Waals surface area contributed by atoms with Gasteiger partial charge < -0.3 is 14.8 Å². The number of carbonyl (C=O) groups is 1. The Bertz CT molecular complexity index is 584. The zero-order valence-electron chi connectivity index (χ0n) is 12.2. The predicted molar refractivity (Wildman–Crippen MR) is 82.2 cm³/mol. The smallest absolute Gasteiger partial charge is 0.326 e. The second-order valence-corrected chi connectivity index (χ2v) is 4.54. The monoisotopic (exact) mass is 285 g/mol. The van der Waals surface area contributed by atoms with Gasteiger partial charge in [-0.2, -0.15) is 0 Å². The van der Waals surface area contributed by atoms with Crippen molar-refractivity contribution >= 4 is 5.97 Å². The molecule has 0 radical (unpaired) electrons. The molecule has 1 unspecified atom stereocenters. The van der Waals surface area contributed by atoms with E-state index in [0.29, 0.717) is 0 Å². The molecular formula is C17H19NO3. The van der Waals surface area contributed by atoms with Gasteiger partial charge in [0.2, 0.25) is 0 Å². The molecule has 2 rings (SSSR count). The molecule has 0 spiro atoms. The van der Waals surface area contributed by atoms with Crippen molar-refractivity contribution in [3.8, 4) is 16.9 Å². The van der Waals surface area contributed by atoms with E-state index < -0.39 is 6.04 Å². The number of benzene rings is 2. The lowest BCUT2D eigenvalue weighted by molar-refractivity contribution is -0.143. The molecule has 0 bridgehead atoms. The first-order chi connectivity index (χ1) is 10.3. The molecule has 0 saturated heterocycles. The molecule has 0 saturated carbocycles. The van der Waals surface area contributed by atoms with Crippen LogP contribution in [0.1, 0.15) is 0 Å². The summed E-state index contributed by atoms with van der Waals surface area (Å²) in [5.74, 6) is 0.405. The molecule has 0 aliphatic heterocycles. The van der Waals surface area contributed by atoms with Gasteiger partial charge in [0, 0.05) is 5.56 Å². The number of likely N-dealkylation sites (N-methyl/N-ethyl adjacent to an activating group) is 1. The van der Waals surface area contributed by atoms with Gasteiger partial charge in [-0.05, 0) is 18.7 Å². The standard InChI is InChI=1S/C17H19NO3/c1-18-15(17(19)20-2)12-21-16-11-7-6-10-14(16)13-8-4-3-5-9-13/h3-11,15,18H,12H2,1-2H3. The van der Waals surface area contributed by atoms with Crippen LogP contribution in [0.15, 0.2) is 54.6 Å². The molecule has 110 valence electrons. The zero-order chi connectivity index (χ0) is 15.1. The summed E-state index contributed by atoms with van der Waals surface area (Å²) in [6.07, 6.45) is 0. The molecule has 4 nitrogen and oxygen atoms in total. The van der Waals surface area contributed by atoms with Crippen LogP contribution in [0.3, 0.4) is 0 Å². The Balaban J connectivity index is 2.16. The van der Waals surface area contributed by atoms with E-state index in [9.17, 15) is 4.79 Å². The van der Waals surface area contributed by atoms with Crippen LogP contribution in [0.5, 0.6) is 5.75 Å². The van der Waals surface area contributed by atoms with Gasteiger partial charge >= 0.3 is 5.97 Å². The number of carbonyl (C=O) groups excluding carboxylic acids is 1. The summed E-state index contributed by atoms with van der Waals surface area (Å²) in [5.41, 5.74) is 2.07. The third-order valence-electron chi connectivity index (χ3n) is 3.21. The first kappa shape index (κ1) is 15.1. The van der Waals surface area contributed by atoms with Gasteiger partial charge in [0.1, 0.15) is 18.4 Å².